The molecule has 0 radical (unpaired) electrons. The van der Waals surface area contributed by atoms with E-state index in [2.05, 4.69) is 10.3 Å². The van der Waals surface area contributed by atoms with Gasteiger partial charge in [-0.15, -0.1) is 9.19 Å². The molecule has 4 rings (SSSR count). The molecular formula is C22H19N3O3S. The quantitative estimate of drug-likeness (QED) is 0.483. The molecular weight excluding hydrogens is 386 g/mol. The number of aromatic nitrogens is 3. The molecule has 0 amide bonds. The van der Waals surface area contributed by atoms with Gasteiger partial charge < -0.3 is 4.74 Å². The van der Waals surface area contributed by atoms with Crippen LogP contribution in [0.1, 0.15) is 11.1 Å². The van der Waals surface area contributed by atoms with Crippen LogP contribution in [0.3, 0.4) is 0 Å². The summed E-state index contributed by atoms with van der Waals surface area (Å²) >= 11 is 0. The average Bonchev–Trinajstić information content (AvgIpc) is 3.25. The molecule has 0 spiro atoms. The van der Waals surface area contributed by atoms with Crippen LogP contribution in [0.4, 0.5) is 0 Å². The lowest BCUT2D eigenvalue weighted by molar-refractivity contribution is 0.307. The van der Waals surface area contributed by atoms with E-state index in [-0.39, 0.29) is 4.90 Å². The summed E-state index contributed by atoms with van der Waals surface area (Å²) in [4.78, 5) is 0.160. The summed E-state index contributed by atoms with van der Waals surface area (Å²) in [5.41, 5.74) is 3.11. The molecule has 6 nitrogen and oxygen atoms in total. The zero-order valence-corrected chi connectivity index (χ0v) is 16.6. The molecule has 0 unspecified atom stereocenters. The SMILES string of the molecule is Cc1ccc(S(=O)(=O)n2cc(-c3ccccc3OCc3ccccc3)nn2)cc1. The van der Waals surface area contributed by atoms with Gasteiger partial charge in [-0.05, 0) is 36.8 Å². The van der Waals surface area contributed by atoms with Gasteiger partial charge in [0.05, 0.1) is 11.1 Å². The van der Waals surface area contributed by atoms with E-state index in [1.807, 2.05) is 61.5 Å². The standard InChI is InChI=1S/C22H19N3O3S/c1-17-11-13-19(14-12-17)29(26,27)25-15-21(23-24-25)20-9-5-6-10-22(20)28-16-18-7-3-2-4-8-18/h2-15H,16H2,1H3. The van der Waals surface area contributed by atoms with Crippen molar-refractivity contribution in [2.75, 3.05) is 0 Å². The Labute approximate surface area is 169 Å². The first kappa shape index (κ1) is 18.9. The van der Waals surface area contributed by atoms with Crippen LogP contribution in [0.5, 0.6) is 5.75 Å². The summed E-state index contributed by atoms with van der Waals surface area (Å²) in [6, 6.07) is 23.8. The normalized spacial score (nSPS) is 11.3. The van der Waals surface area contributed by atoms with Gasteiger partial charge in [-0.1, -0.05) is 65.4 Å². The summed E-state index contributed by atoms with van der Waals surface area (Å²) in [7, 11) is -3.81. The third-order valence-corrected chi connectivity index (χ3v) is 5.98. The highest BCUT2D eigenvalue weighted by molar-refractivity contribution is 7.89. The summed E-state index contributed by atoms with van der Waals surface area (Å²) in [5, 5.41) is 7.91. The van der Waals surface area contributed by atoms with E-state index in [1.165, 1.54) is 6.20 Å². The second-order valence-electron chi connectivity index (χ2n) is 6.56. The number of hydrogen-bond acceptors (Lipinski definition) is 5. The first-order chi connectivity index (χ1) is 14.0. The predicted octanol–water partition coefficient (Wildman–Crippen LogP) is 4.07. The predicted molar refractivity (Wildman–Crippen MR) is 110 cm³/mol. The first-order valence-corrected chi connectivity index (χ1v) is 10.5. The Balaban J connectivity index is 1.62. The molecule has 29 heavy (non-hydrogen) atoms. The van der Waals surface area contributed by atoms with Gasteiger partial charge >= 0.3 is 0 Å². The van der Waals surface area contributed by atoms with E-state index in [1.54, 1.807) is 24.3 Å². The molecule has 4 aromatic rings. The van der Waals surface area contributed by atoms with Crippen LogP contribution in [0.2, 0.25) is 0 Å². The maximum Gasteiger partial charge on any atom is 0.284 e. The smallest absolute Gasteiger partial charge is 0.284 e. The Morgan fingerprint density at radius 2 is 1.59 bits per heavy atom. The van der Waals surface area contributed by atoms with Gasteiger partial charge in [0, 0.05) is 5.56 Å². The van der Waals surface area contributed by atoms with Crippen molar-refractivity contribution in [3.63, 3.8) is 0 Å². The number of rotatable bonds is 6. The number of hydrogen-bond donors (Lipinski definition) is 0. The molecule has 3 aromatic carbocycles. The third-order valence-electron chi connectivity index (χ3n) is 4.44. The average molecular weight is 405 g/mol. The Morgan fingerprint density at radius 3 is 2.34 bits per heavy atom. The number of nitrogens with zero attached hydrogens (tertiary/aromatic N) is 3. The summed E-state index contributed by atoms with van der Waals surface area (Å²) in [6.07, 6.45) is 1.40. The topological polar surface area (TPSA) is 74.1 Å². The van der Waals surface area contributed by atoms with E-state index >= 15 is 0 Å². The van der Waals surface area contributed by atoms with Crippen LogP contribution in [0, 0.1) is 6.92 Å². The van der Waals surface area contributed by atoms with Crippen LogP contribution >= 0.6 is 0 Å². The zero-order valence-electron chi connectivity index (χ0n) is 15.8. The largest absolute Gasteiger partial charge is 0.488 e. The lowest BCUT2D eigenvalue weighted by atomic mass is 10.1. The van der Waals surface area contributed by atoms with Gasteiger partial charge in [-0.2, -0.15) is 8.42 Å². The number of para-hydroxylation sites is 1. The Morgan fingerprint density at radius 1 is 0.897 bits per heavy atom. The first-order valence-electron chi connectivity index (χ1n) is 9.05. The molecule has 0 aliphatic carbocycles. The van der Waals surface area contributed by atoms with E-state index in [9.17, 15) is 8.42 Å². The highest BCUT2D eigenvalue weighted by Gasteiger charge is 2.20. The third kappa shape index (κ3) is 4.05. The molecule has 0 fully saturated rings. The van der Waals surface area contributed by atoms with E-state index in [0.29, 0.717) is 23.6 Å². The van der Waals surface area contributed by atoms with Crippen LogP contribution < -0.4 is 4.74 Å². The monoisotopic (exact) mass is 405 g/mol. The number of ether oxygens (including phenoxy) is 1. The molecule has 0 saturated heterocycles. The molecule has 0 aliphatic heterocycles. The van der Waals surface area contributed by atoms with Crippen molar-refractivity contribution in [3.8, 4) is 17.0 Å². The van der Waals surface area contributed by atoms with Gasteiger partial charge in [0.2, 0.25) is 0 Å². The van der Waals surface area contributed by atoms with Gasteiger partial charge in [0.1, 0.15) is 18.1 Å². The molecule has 1 heterocycles. The van der Waals surface area contributed by atoms with Crippen LogP contribution in [0.25, 0.3) is 11.3 Å². The summed E-state index contributed by atoms with van der Waals surface area (Å²) in [6.45, 7) is 2.30. The summed E-state index contributed by atoms with van der Waals surface area (Å²) < 4.78 is 32.5. The van der Waals surface area contributed by atoms with E-state index in [0.717, 1.165) is 15.2 Å². The molecule has 0 aliphatic rings. The molecule has 0 N–H and O–H groups in total. The molecule has 7 heteroatoms. The fourth-order valence-electron chi connectivity index (χ4n) is 2.85. The second kappa shape index (κ2) is 7.89. The minimum absolute atomic E-state index is 0.160. The van der Waals surface area contributed by atoms with Crippen LogP contribution in [0.15, 0.2) is 90.0 Å². The van der Waals surface area contributed by atoms with E-state index < -0.39 is 10.0 Å². The zero-order chi connectivity index (χ0) is 20.3. The number of benzene rings is 3. The Kier molecular flexibility index (Phi) is 5.14. The summed E-state index contributed by atoms with van der Waals surface area (Å²) in [5.74, 6) is 0.608. The van der Waals surface area contributed by atoms with Gasteiger partial charge in [0.15, 0.2) is 0 Å². The molecule has 0 saturated carbocycles. The lowest BCUT2D eigenvalue weighted by Crippen LogP contribution is -2.13. The van der Waals surface area contributed by atoms with Crippen molar-refractivity contribution in [2.24, 2.45) is 0 Å². The molecule has 1 aromatic heterocycles. The van der Waals surface area contributed by atoms with Gasteiger partial charge in [-0.25, -0.2) is 0 Å². The van der Waals surface area contributed by atoms with Crippen LogP contribution in [-0.4, -0.2) is 22.8 Å². The van der Waals surface area contributed by atoms with Crippen molar-refractivity contribution in [1.29, 1.82) is 0 Å². The molecule has 0 bridgehead atoms. The highest BCUT2D eigenvalue weighted by Crippen LogP contribution is 2.29. The Hall–Kier alpha value is -3.45. The highest BCUT2D eigenvalue weighted by atomic mass is 32.2. The van der Waals surface area contributed by atoms with Crippen molar-refractivity contribution >= 4 is 10.0 Å². The second-order valence-corrected chi connectivity index (χ2v) is 8.36. The minimum atomic E-state index is -3.81. The van der Waals surface area contributed by atoms with Crippen molar-refractivity contribution in [2.45, 2.75) is 18.4 Å². The van der Waals surface area contributed by atoms with Crippen LogP contribution in [-0.2, 0) is 16.6 Å². The minimum Gasteiger partial charge on any atom is -0.488 e. The lowest BCUT2D eigenvalue weighted by Gasteiger charge is -2.09. The maximum absolute atomic E-state index is 12.8. The maximum atomic E-state index is 12.8. The fraction of sp³-hybridized carbons (Fsp3) is 0.0909. The van der Waals surface area contributed by atoms with Gasteiger partial charge in [-0.3, -0.25) is 0 Å². The molecule has 0 atom stereocenters. The van der Waals surface area contributed by atoms with E-state index in [4.69, 9.17) is 4.74 Å². The molecule has 146 valence electrons. The fourth-order valence-corrected chi connectivity index (χ4v) is 3.91. The van der Waals surface area contributed by atoms with Crippen molar-refractivity contribution in [1.82, 2.24) is 14.4 Å². The van der Waals surface area contributed by atoms with Crippen molar-refractivity contribution < 1.29 is 13.2 Å². The number of aryl methyl sites for hydroxylation is 1. The van der Waals surface area contributed by atoms with Crippen molar-refractivity contribution in [3.05, 3.63) is 96.2 Å². The Bertz CT molecular complexity index is 1220. The van der Waals surface area contributed by atoms with Gasteiger partial charge in [0.25, 0.3) is 10.0 Å².